The maximum atomic E-state index is 12.8. The van der Waals surface area contributed by atoms with E-state index in [4.69, 9.17) is 49.6 Å². The van der Waals surface area contributed by atoms with Crippen LogP contribution in [-0.2, 0) is 28.5 Å². The van der Waals surface area contributed by atoms with Crippen molar-refractivity contribution in [3.8, 4) is 51.3 Å². The average Bonchev–Trinajstić information content (AvgIpc) is 1.67. The summed E-state index contributed by atoms with van der Waals surface area (Å²) in [6.07, 6.45) is -3.78. The topological polar surface area (TPSA) is 601 Å². The molecule has 4 aromatic heterocycles. The number of carbonyl (C=O) groups is 10. The Labute approximate surface area is 816 Å². The molecule has 0 unspecified atom stereocenters. The quantitative estimate of drug-likeness (QED) is 0.00462. The van der Waals surface area contributed by atoms with Crippen LogP contribution in [0.3, 0.4) is 0 Å². The van der Waals surface area contributed by atoms with Gasteiger partial charge in [-0.3, -0.25) is 34.9 Å². The molecule has 0 saturated carbocycles. The number of phenolic OH excluding ortho intramolecular Hbond substituents is 1. The monoisotopic (exact) mass is 1960 g/mol. The third kappa shape index (κ3) is 51.9. The SMILES string of the molecule is CC(=O)[O-].CC(=O)c1ccc(O)cc1.CCN(CC)CC.CCO.CN=C=O.CNC(=O)Oc1ccc(-c2[nH]ncc2C=O)cc1.CNC(=O)Oc1ccc(-c2[nH]ncc2CN2CCN(c3ccc(C(F)(F)F)cn3)[C@H](C)C2)cc1.CNC(=O)Oc1ccc(/C(C)=N/NC(N)=O)cc1.CNC(=O)Oc1ccc(C(C)=O)cc1.C[C@@H]1CNCCN1c1ccc(C(F)(F)F)cn1.Cl.NNC(N)=O.[Na+].[OH-]. The first-order valence-corrected chi connectivity index (χ1v) is 40.7. The predicted molar refractivity (Wildman–Crippen MR) is 497 cm³/mol. The summed E-state index contributed by atoms with van der Waals surface area (Å²) >= 11 is 0. The molecule has 2 aliphatic heterocycles. The van der Waals surface area contributed by atoms with E-state index in [0.29, 0.717) is 75.8 Å². The van der Waals surface area contributed by atoms with Gasteiger partial charge in [-0.15, -0.1) is 12.4 Å². The van der Waals surface area contributed by atoms with Crippen LogP contribution < -0.4 is 118 Å². The number of isocyanates is 1. The number of alkyl halides is 6. The van der Waals surface area contributed by atoms with Crippen LogP contribution in [0.2, 0.25) is 0 Å². The van der Waals surface area contributed by atoms with Crippen molar-refractivity contribution >= 4 is 96.1 Å². The number of nitrogens with one attached hydrogen (secondary N) is 9. The molecule has 5 aromatic carbocycles. The molecule has 2 aliphatic rings. The van der Waals surface area contributed by atoms with Crippen molar-refractivity contribution in [2.75, 3.05) is 111 Å². The number of hydrazine groups is 1. The van der Waals surface area contributed by atoms with Gasteiger partial charge in [-0.05, 0) is 219 Å². The van der Waals surface area contributed by atoms with Crippen LogP contribution in [0.25, 0.3) is 22.5 Å². The summed E-state index contributed by atoms with van der Waals surface area (Å²) in [7, 11) is 7.31. The summed E-state index contributed by atoms with van der Waals surface area (Å²) in [4.78, 5) is 134. The number of aromatic hydroxyl groups is 1. The first-order chi connectivity index (χ1) is 63.5. The van der Waals surface area contributed by atoms with E-state index in [9.17, 15) is 69.5 Å². The Kier molecular flexibility index (Phi) is 64.7. The second kappa shape index (κ2) is 69.8. The number of carbonyl (C=O) groups excluding carboxylic acids is 11. The number of aliphatic imine (C=N–C) groups is 1. The van der Waals surface area contributed by atoms with Crippen LogP contribution >= 0.6 is 12.4 Å². The van der Waals surface area contributed by atoms with E-state index in [1.165, 1.54) is 105 Å². The first-order valence-electron chi connectivity index (χ1n) is 40.7. The minimum Gasteiger partial charge on any atom is -0.870 e. The molecule has 0 aliphatic carbocycles. The fraction of sp³-hybridized carbons (Fsp3) is 0.341. The average molecular weight is 1960 g/mol. The fourth-order valence-corrected chi connectivity index (χ4v) is 10.8. The number of carboxylic acids is 1. The molecule has 2 saturated heterocycles. The maximum Gasteiger partial charge on any atom is 1.00 e. The van der Waals surface area contributed by atoms with E-state index < -0.39 is 65.9 Å². The third-order valence-corrected chi connectivity index (χ3v) is 17.5. The minimum absolute atomic E-state index is 0. The number of Topliss-reactive ketones (excluding diaryl/α,β-unsaturated/α-hetero) is 2. The normalized spacial score (nSPS) is 12.4. The minimum atomic E-state index is -4.39. The Morgan fingerprint density at radius 1 is 0.577 bits per heavy atom. The van der Waals surface area contributed by atoms with Crippen LogP contribution in [-0.4, -0.2) is 241 Å². The molecule has 0 bridgehead atoms. The number of anilines is 2. The number of H-pyrrole nitrogens is 2. The van der Waals surface area contributed by atoms with Gasteiger partial charge >= 0.3 is 78.3 Å². The van der Waals surface area contributed by atoms with Crippen molar-refractivity contribution in [1.29, 1.82) is 0 Å². The summed E-state index contributed by atoms with van der Waals surface area (Å²) in [6.45, 7) is 27.0. The Balaban J connectivity index is -0.00000154. The smallest absolute Gasteiger partial charge is 0.870 e. The number of urea groups is 2. The number of aromatic amines is 2. The van der Waals surface area contributed by atoms with Gasteiger partial charge in [0.15, 0.2) is 17.9 Å². The number of hydrogen-bond acceptors (Lipinski definition) is 31. The van der Waals surface area contributed by atoms with E-state index in [0.717, 1.165) is 98.4 Å². The summed E-state index contributed by atoms with van der Waals surface area (Å²) in [6, 6.07) is 37.0. The van der Waals surface area contributed by atoms with Crippen molar-refractivity contribution in [3.05, 3.63) is 209 Å². The molecule has 11 rings (SSSR count). The number of primary amides is 2. The Hall–Kier alpha value is -14.0. The first kappa shape index (κ1) is 127. The molecule has 137 heavy (non-hydrogen) atoms. The maximum absolute atomic E-state index is 12.8. The molecule has 41 nitrogen and oxygen atoms in total. The molecule has 49 heteroatoms. The Morgan fingerprint density at radius 3 is 1.25 bits per heavy atom. The fourth-order valence-electron chi connectivity index (χ4n) is 10.8. The summed E-state index contributed by atoms with van der Waals surface area (Å²) < 4.78 is 95.4. The molecular formula is C88H117ClF6N22NaO19-. The van der Waals surface area contributed by atoms with Gasteiger partial charge in [-0.25, -0.2) is 59.8 Å². The van der Waals surface area contributed by atoms with Crippen LogP contribution in [0.1, 0.15) is 123 Å². The van der Waals surface area contributed by atoms with Crippen LogP contribution in [0.15, 0.2) is 180 Å². The number of rotatable bonds is 18. The summed E-state index contributed by atoms with van der Waals surface area (Å²) in [5.74, 6) is 6.37. The number of amides is 8. The Morgan fingerprint density at radius 2 is 0.934 bits per heavy atom. The second-order valence-corrected chi connectivity index (χ2v) is 27.2. The van der Waals surface area contributed by atoms with Gasteiger partial charge in [-0.1, -0.05) is 20.8 Å². The van der Waals surface area contributed by atoms with Gasteiger partial charge in [-0.2, -0.15) is 41.6 Å². The molecule has 6 heterocycles. The second-order valence-electron chi connectivity index (χ2n) is 27.2. The Bertz CT molecular complexity index is 5100. The number of nitrogens with zero attached hydrogens (tertiary/aromatic N) is 10. The molecule has 0 radical (unpaired) electrons. The number of ether oxygens (including phenoxy) is 4. The van der Waals surface area contributed by atoms with E-state index >= 15 is 0 Å². The van der Waals surface area contributed by atoms with Gasteiger partial charge in [0.05, 0.1) is 46.2 Å². The predicted octanol–water partition coefficient (Wildman–Crippen LogP) is 7.26. The number of benzene rings is 5. The number of aliphatic hydroxyl groups is 1. The number of aliphatic carboxylic acids is 1. The number of aliphatic hydroxyl groups excluding tert-OH is 1. The number of aldehydes is 1. The number of pyridine rings is 2. The molecule has 0 spiro atoms. The van der Waals surface area contributed by atoms with E-state index in [1.54, 1.807) is 123 Å². The van der Waals surface area contributed by atoms with Crippen molar-refractivity contribution < 1.29 is 148 Å². The van der Waals surface area contributed by atoms with Crippen molar-refractivity contribution in [2.24, 2.45) is 27.4 Å². The zero-order valence-electron chi connectivity index (χ0n) is 78.4. The van der Waals surface area contributed by atoms with E-state index in [1.807, 2.05) is 35.8 Å². The molecule has 2 fully saturated rings. The number of piperazine rings is 2. The summed E-state index contributed by atoms with van der Waals surface area (Å²) in [5.41, 5.74) is 18.9. The summed E-state index contributed by atoms with van der Waals surface area (Å²) in [5, 5.41) is 55.5. The number of ketones is 2. The van der Waals surface area contributed by atoms with Gasteiger partial charge < -0.3 is 97.3 Å². The van der Waals surface area contributed by atoms with E-state index in [2.05, 4.69) is 115 Å². The molecule has 2 atom stereocenters. The molecule has 8 amide bonds. The molecular weight excluding hydrogens is 1840 g/mol. The van der Waals surface area contributed by atoms with Crippen LogP contribution in [0, 0.1) is 0 Å². The largest absolute Gasteiger partial charge is 1.00 e. The number of phenols is 1. The van der Waals surface area contributed by atoms with Crippen LogP contribution in [0.5, 0.6) is 28.7 Å². The molecule has 18 N–H and O–H groups in total. The van der Waals surface area contributed by atoms with Gasteiger partial charge in [0, 0.05) is 146 Å². The number of halogens is 7. The van der Waals surface area contributed by atoms with Crippen molar-refractivity contribution in [2.45, 2.75) is 100 Å². The molecule has 744 valence electrons. The number of carboxylic acid groups (broad SMARTS) is 1. The molecule has 9 aromatic rings. The zero-order valence-corrected chi connectivity index (χ0v) is 81.2. The van der Waals surface area contributed by atoms with Gasteiger partial charge in [0.2, 0.25) is 6.08 Å². The number of hydrogen-bond donors (Lipinski definition) is 14. The van der Waals surface area contributed by atoms with Crippen molar-refractivity contribution in [3.63, 3.8) is 0 Å². The third-order valence-electron chi connectivity index (χ3n) is 17.5. The van der Waals surface area contributed by atoms with E-state index in [-0.39, 0.29) is 83.4 Å². The zero-order chi connectivity index (χ0) is 101. The van der Waals surface area contributed by atoms with Gasteiger partial charge in [0.25, 0.3) is 0 Å². The van der Waals surface area contributed by atoms with Crippen LogP contribution in [0.4, 0.5) is 66.7 Å². The van der Waals surface area contributed by atoms with Crippen molar-refractivity contribution in [1.82, 2.24) is 77.6 Å². The van der Waals surface area contributed by atoms with Gasteiger partial charge in [0.1, 0.15) is 40.4 Å². The number of hydrazone groups is 1. The standard InChI is InChI=1S/C23H25F3N6O2.C12H11N3O3.C11H14F3N3.C11H14N4O3.C10H11NO3.C8H8O2.C6H15N.C2H3NO.C2H4O2.C2H6O.CH5N3O.ClH.Na.H2O/c1-15-13-31(9-10-32(15)20-8-5-18(12-28-20)23(24,25)26)14-17-11-29-30-21(17)16-3-6-19(7-4-16)34-22(33)27-2;1-13-12(17)18-10-4-2-8(3-5-10)11-9(7-16)6-14-15-11;1-8-6-15-4-5-17(8)10-3-2-9(7-16-10)11(12,13)14;1-7(14-15-10(12)16)8-3-5-9(6-4-8)18-11(17)13-2;1-7(12)8-3-5-9(6-4-8)14-10(13)11-2;1-6(9)7-2-4-8(10)5-3-7;1-4-7(5-2)6-3;1-3-2-4;1-2(3)4;1-2-3;2-1(5)4-3;;;/h3-8,11-12,15H,9-10,13-14H2,1-2H3,(H,27,33)(H,29,30);2-7H,1H3,(H,13,17)(H,14,15);2-3,7-8,15H,4-6H2,1H3;3-6H,1-2H3,(H,13,17)(H3,12,15,16);3-6H,1-2H3,(H,11,13);2-5,10H,1H3;4-6H2,1-3H3;1H3;1H3,(H,3,4);3H,2H2,1H3;3H2,(H3,2,4,5);1H;;1H2/q;;;;;;;;;;;;+1;/p-2/b;;;14-7+;;;;;;;;;;/t15-;;8-;;;;;;;;;;;/m1.1.........../s1. The number of aromatic nitrogens is 6. The number of nitrogens with two attached hydrogens (primary N) is 3.